The van der Waals surface area contributed by atoms with Crippen molar-refractivity contribution in [2.45, 2.75) is 19.4 Å². The Bertz CT molecular complexity index is 600. The smallest absolute Gasteiger partial charge is 0.231 e. The summed E-state index contributed by atoms with van der Waals surface area (Å²) in [5.41, 5.74) is 1.71. The van der Waals surface area contributed by atoms with Crippen molar-refractivity contribution in [1.29, 1.82) is 0 Å². The van der Waals surface area contributed by atoms with Crippen LogP contribution >= 0.6 is 11.3 Å². The monoisotopic (exact) mass is 291 g/mol. The molecule has 2 heterocycles. The number of hydrogen-bond acceptors (Lipinski definition) is 4. The van der Waals surface area contributed by atoms with Gasteiger partial charge in [0.2, 0.25) is 5.91 Å². The lowest BCUT2D eigenvalue weighted by Crippen LogP contribution is -2.22. The van der Waals surface area contributed by atoms with Gasteiger partial charge in [0.25, 0.3) is 0 Å². The van der Waals surface area contributed by atoms with Crippen molar-refractivity contribution in [2.24, 2.45) is 0 Å². The zero-order valence-corrected chi connectivity index (χ0v) is 11.6. The maximum absolute atomic E-state index is 12.8. The number of thiazole rings is 1. The molecule has 6 heteroatoms. The fourth-order valence-electron chi connectivity index (χ4n) is 2.13. The zero-order chi connectivity index (χ0) is 13.9. The Hall–Kier alpha value is -1.79. The number of fused-ring (bicyclic) bond motifs is 1. The number of carbonyl (C=O) groups excluding carboxylic acids is 1. The average Bonchev–Trinajstić information content (AvgIpc) is 2.83. The van der Waals surface area contributed by atoms with Gasteiger partial charge in [-0.1, -0.05) is 0 Å². The van der Waals surface area contributed by atoms with Crippen LogP contribution in [0.3, 0.4) is 0 Å². The third kappa shape index (κ3) is 3.02. The van der Waals surface area contributed by atoms with Crippen LogP contribution in [0, 0.1) is 5.82 Å². The van der Waals surface area contributed by atoms with Crippen molar-refractivity contribution in [3.63, 3.8) is 0 Å². The molecule has 1 aliphatic rings. The molecule has 0 radical (unpaired) electrons. The summed E-state index contributed by atoms with van der Waals surface area (Å²) < 4.78 is 12.8. The molecular formula is C14H14FN3OS. The summed E-state index contributed by atoms with van der Waals surface area (Å²) in [5, 5.41) is 6.86. The summed E-state index contributed by atoms with van der Waals surface area (Å²) in [6, 6.07) is 5.74. The van der Waals surface area contributed by atoms with Gasteiger partial charge >= 0.3 is 0 Å². The van der Waals surface area contributed by atoms with E-state index in [1.165, 1.54) is 17.0 Å². The van der Waals surface area contributed by atoms with Crippen molar-refractivity contribution in [2.75, 3.05) is 11.9 Å². The number of nitrogens with zero attached hydrogens (tertiary/aromatic N) is 1. The van der Waals surface area contributed by atoms with E-state index in [0.717, 1.165) is 30.2 Å². The van der Waals surface area contributed by atoms with Gasteiger partial charge in [-0.15, -0.1) is 11.3 Å². The molecule has 0 fully saturated rings. The first kappa shape index (κ1) is 13.2. The van der Waals surface area contributed by atoms with Gasteiger partial charge in [-0.3, -0.25) is 4.79 Å². The summed E-state index contributed by atoms with van der Waals surface area (Å²) in [6.07, 6.45) is 1.18. The van der Waals surface area contributed by atoms with Crippen LogP contribution < -0.4 is 10.6 Å². The molecule has 0 spiro atoms. The van der Waals surface area contributed by atoms with E-state index in [9.17, 15) is 9.18 Å². The summed E-state index contributed by atoms with van der Waals surface area (Å²) in [6.45, 7) is 1.78. The van der Waals surface area contributed by atoms with Crippen LogP contribution in [-0.4, -0.2) is 17.4 Å². The molecule has 2 N–H and O–H groups in total. The molecule has 4 nitrogen and oxygen atoms in total. The van der Waals surface area contributed by atoms with E-state index in [1.54, 1.807) is 23.5 Å². The number of benzene rings is 1. The van der Waals surface area contributed by atoms with Crippen LogP contribution in [0.4, 0.5) is 10.1 Å². The molecule has 3 rings (SSSR count). The topological polar surface area (TPSA) is 54.0 Å². The molecule has 0 saturated heterocycles. The lowest BCUT2D eigenvalue weighted by Gasteiger charge is -2.09. The standard InChI is InChI=1S/C14H14FN3OS/c15-9-1-3-10(4-2-9)17-13(19)7-14-18-11-5-6-16-8-12(11)20-14/h1-4,16H,5-8H2,(H,17,19). The molecular weight excluding hydrogens is 277 g/mol. The molecule has 0 unspecified atom stereocenters. The number of hydrogen-bond donors (Lipinski definition) is 2. The second kappa shape index (κ2) is 5.68. The second-order valence-corrected chi connectivity index (χ2v) is 5.80. The van der Waals surface area contributed by atoms with Crippen molar-refractivity contribution in [1.82, 2.24) is 10.3 Å². The highest BCUT2D eigenvalue weighted by atomic mass is 32.1. The predicted molar refractivity (Wildman–Crippen MR) is 76.3 cm³/mol. The highest BCUT2D eigenvalue weighted by molar-refractivity contribution is 7.11. The van der Waals surface area contributed by atoms with Gasteiger partial charge in [0.05, 0.1) is 12.1 Å². The van der Waals surface area contributed by atoms with Gasteiger partial charge in [-0.25, -0.2) is 9.37 Å². The Morgan fingerprint density at radius 1 is 1.40 bits per heavy atom. The molecule has 0 atom stereocenters. The van der Waals surface area contributed by atoms with E-state index < -0.39 is 0 Å². The minimum atomic E-state index is -0.317. The normalized spacial score (nSPS) is 13.8. The molecule has 2 aromatic rings. The fraction of sp³-hybridized carbons (Fsp3) is 0.286. The van der Waals surface area contributed by atoms with E-state index in [0.29, 0.717) is 5.69 Å². The predicted octanol–water partition coefficient (Wildman–Crippen LogP) is 2.11. The lowest BCUT2D eigenvalue weighted by molar-refractivity contribution is -0.115. The molecule has 1 aromatic heterocycles. The van der Waals surface area contributed by atoms with Crippen molar-refractivity contribution < 1.29 is 9.18 Å². The van der Waals surface area contributed by atoms with Crippen LogP contribution in [0.1, 0.15) is 15.6 Å². The SMILES string of the molecule is O=C(Cc1nc2c(s1)CNCC2)Nc1ccc(F)cc1. The summed E-state index contributed by atoms with van der Waals surface area (Å²) in [7, 11) is 0. The summed E-state index contributed by atoms with van der Waals surface area (Å²) >= 11 is 1.58. The van der Waals surface area contributed by atoms with Gasteiger partial charge in [-0.05, 0) is 24.3 Å². The highest BCUT2D eigenvalue weighted by Gasteiger charge is 2.16. The van der Waals surface area contributed by atoms with Gasteiger partial charge in [0, 0.05) is 30.1 Å². The first-order valence-electron chi connectivity index (χ1n) is 6.44. The number of aromatic nitrogens is 1. The van der Waals surface area contributed by atoms with Crippen molar-refractivity contribution in [3.8, 4) is 0 Å². The third-order valence-electron chi connectivity index (χ3n) is 3.09. The Morgan fingerprint density at radius 3 is 2.95 bits per heavy atom. The van der Waals surface area contributed by atoms with Gasteiger partial charge in [0.15, 0.2) is 0 Å². The number of halogens is 1. The van der Waals surface area contributed by atoms with Gasteiger partial charge in [-0.2, -0.15) is 0 Å². The lowest BCUT2D eigenvalue weighted by atomic mass is 10.2. The van der Waals surface area contributed by atoms with E-state index in [-0.39, 0.29) is 18.1 Å². The number of anilines is 1. The Labute approximate surface area is 120 Å². The maximum atomic E-state index is 12.8. The molecule has 1 aliphatic heterocycles. The zero-order valence-electron chi connectivity index (χ0n) is 10.8. The highest BCUT2D eigenvalue weighted by Crippen LogP contribution is 2.22. The van der Waals surface area contributed by atoms with Crippen LogP contribution in [0.2, 0.25) is 0 Å². The third-order valence-corrected chi connectivity index (χ3v) is 4.18. The van der Waals surface area contributed by atoms with E-state index in [2.05, 4.69) is 15.6 Å². The molecule has 0 aliphatic carbocycles. The maximum Gasteiger partial charge on any atom is 0.231 e. The van der Waals surface area contributed by atoms with E-state index in [4.69, 9.17) is 0 Å². The number of rotatable bonds is 3. The first-order valence-corrected chi connectivity index (χ1v) is 7.26. The molecule has 1 aromatic carbocycles. The number of amides is 1. The van der Waals surface area contributed by atoms with Crippen LogP contribution in [-0.2, 0) is 24.2 Å². The largest absolute Gasteiger partial charge is 0.326 e. The number of carbonyl (C=O) groups is 1. The van der Waals surface area contributed by atoms with Crippen molar-refractivity contribution >= 4 is 22.9 Å². The molecule has 0 saturated carbocycles. The average molecular weight is 291 g/mol. The molecule has 0 bridgehead atoms. The summed E-state index contributed by atoms with van der Waals surface area (Å²) in [5.74, 6) is -0.446. The quantitative estimate of drug-likeness (QED) is 0.910. The molecule has 104 valence electrons. The van der Waals surface area contributed by atoms with Gasteiger partial charge in [0.1, 0.15) is 10.8 Å². The summed E-state index contributed by atoms with van der Waals surface area (Å²) in [4.78, 5) is 17.7. The first-order chi connectivity index (χ1) is 9.70. The molecule has 20 heavy (non-hydrogen) atoms. The Morgan fingerprint density at radius 2 is 2.20 bits per heavy atom. The van der Waals surface area contributed by atoms with Crippen LogP contribution in [0.5, 0.6) is 0 Å². The number of nitrogens with one attached hydrogen (secondary N) is 2. The minimum absolute atomic E-state index is 0.129. The van der Waals surface area contributed by atoms with Crippen LogP contribution in [0.25, 0.3) is 0 Å². The fourth-order valence-corrected chi connectivity index (χ4v) is 3.21. The van der Waals surface area contributed by atoms with E-state index >= 15 is 0 Å². The Balaban J connectivity index is 1.63. The van der Waals surface area contributed by atoms with Crippen molar-refractivity contribution in [3.05, 3.63) is 45.7 Å². The van der Waals surface area contributed by atoms with Crippen LogP contribution in [0.15, 0.2) is 24.3 Å². The Kier molecular flexibility index (Phi) is 3.75. The second-order valence-electron chi connectivity index (χ2n) is 4.64. The molecule has 1 amide bonds. The van der Waals surface area contributed by atoms with E-state index in [1.807, 2.05) is 0 Å². The van der Waals surface area contributed by atoms with Gasteiger partial charge < -0.3 is 10.6 Å². The minimum Gasteiger partial charge on any atom is -0.326 e.